The molecular formula is C20H19N3O6. The van der Waals surface area contributed by atoms with E-state index >= 15 is 0 Å². The predicted octanol–water partition coefficient (Wildman–Crippen LogP) is 4.64. The van der Waals surface area contributed by atoms with Gasteiger partial charge in [-0.25, -0.2) is 9.59 Å². The van der Waals surface area contributed by atoms with E-state index in [9.17, 15) is 19.7 Å². The molecule has 0 unspecified atom stereocenters. The maximum Gasteiger partial charge on any atom is 0.417 e. The molecule has 0 spiro atoms. The number of carbonyl (C=O) groups excluding carboxylic acids is 2. The molecule has 1 aromatic heterocycles. The number of carbonyl (C=O) groups is 2. The van der Waals surface area contributed by atoms with Crippen molar-refractivity contribution in [2.24, 2.45) is 0 Å². The molecule has 0 aliphatic rings. The fraction of sp³-hybridized carbons (Fsp3) is 0.200. The number of esters is 1. The first-order valence-corrected chi connectivity index (χ1v) is 8.72. The van der Waals surface area contributed by atoms with Crippen molar-refractivity contribution in [3.63, 3.8) is 0 Å². The summed E-state index contributed by atoms with van der Waals surface area (Å²) in [5.74, 6) is -0.872. The number of H-pyrrole nitrogens is 1. The number of aromatic amines is 1. The molecule has 150 valence electrons. The Kier molecular flexibility index (Phi) is 5.22. The molecule has 2 aromatic carbocycles. The number of ether oxygens (including phenoxy) is 2. The smallest absolute Gasteiger partial charge is 0.417 e. The van der Waals surface area contributed by atoms with Crippen molar-refractivity contribution < 1.29 is 24.0 Å². The van der Waals surface area contributed by atoms with E-state index in [0.717, 1.165) is 0 Å². The molecule has 9 nitrogen and oxygen atoms in total. The van der Waals surface area contributed by atoms with Crippen molar-refractivity contribution in [1.82, 2.24) is 4.98 Å². The summed E-state index contributed by atoms with van der Waals surface area (Å²) in [6.07, 6.45) is -0.978. The van der Waals surface area contributed by atoms with Gasteiger partial charge >= 0.3 is 17.7 Å². The number of amides is 1. The van der Waals surface area contributed by atoms with Crippen molar-refractivity contribution in [2.45, 2.75) is 26.4 Å². The SMILES string of the molecule is CC(C)(C)OC(=O)c1[nH]c2ccccc2c1NC(=O)Oc1ccccc1[N+](=O)[O-]. The molecular weight excluding hydrogens is 378 g/mol. The maximum absolute atomic E-state index is 12.6. The number of fused-ring (bicyclic) bond motifs is 1. The Labute approximate surface area is 165 Å². The molecule has 0 saturated carbocycles. The van der Waals surface area contributed by atoms with E-state index in [1.807, 2.05) is 0 Å². The summed E-state index contributed by atoms with van der Waals surface area (Å²) in [5, 5.41) is 14.2. The van der Waals surface area contributed by atoms with Crippen LogP contribution in [0.1, 0.15) is 31.3 Å². The molecule has 2 N–H and O–H groups in total. The number of anilines is 1. The third-order valence-electron chi connectivity index (χ3n) is 3.80. The molecule has 1 heterocycles. The normalized spacial score (nSPS) is 11.1. The quantitative estimate of drug-likeness (QED) is 0.375. The van der Waals surface area contributed by atoms with Gasteiger partial charge in [-0.3, -0.25) is 15.4 Å². The number of nitrogens with one attached hydrogen (secondary N) is 2. The van der Waals surface area contributed by atoms with Crippen LogP contribution in [0.5, 0.6) is 5.75 Å². The topological polar surface area (TPSA) is 124 Å². The summed E-state index contributed by atoms with van der Waals surface area (Å²) >= 11 is 0. The maximum atomic E-state index is 12.6. The van der Waals surface area contributed by atoms with Crippen molar-refractivity contribution in [3.8, 4) is 5.75 Å². The molecule has 0 aliphatic heterocycles. The van der Waals surface area contributed by atoms with Crippen molar-refractivity contribution in [2.75, 3.05) is 5.32 Å². The largest absolute Gasteiger partial charge is 0.455 e. The Hall–Kier alpha value is -3.88. The highest BCUT2D eigenvalue weighted by atomic mass is 16.6. The number of nitrogens with zero attached hydrogens (tertiary/aromatic N) is 1. The summed E-state index contributed by atoms with van der Waals surface area (Å²) in [6.45, 7) is 5.18. The van der Waals surface area contributed by atoms with Crippen LogP contribution in [0.15, 0.2) is 48.5 Å². The van der Waals surface area contributed by atoms with Gasteiger partial charge in [0, 0.05) is 17.0 Å². The molecule has 29 heavy (non-hydrogen) atoms. The van der Waals surface area contributed by atoms with Crippen LogP contribution in [0.2, 0.25) is 0 Å². The number of nitro benzene ring substituents is 1. The summed E-state index contributed by atoms with van der Waals surface area (Å²) in [7, 11) is 0. The first kappa shape index (κ1) is 19.9. The minimum absolute atomic E-state index is 0.0423. The van der Waals surface area contributed by atoms with E-state index in [1.165, 1.54) is 24.3 Å². The average Bonchev–Trinajstić information content (AvgIpc) is 2.99. The minimum atomic E-state index is -0.978. The van der Waals surface area contributed by atoms with Crippen LogP contribution in [0.3, 0.4) is 0 Å². The summed E-state index contributed by atoms with van der Waals surface area (Å²) < 4.78 is 10.5. The van der Waals surface area contributed by atoms with Crippen LogP contribution in [0, 0.1) is 10.1 Å². The van der Waals surface area contributed by atoms with E-state index in [2.05, 4.69) is 10.3 Å². The molecule has 3 aromatic rings. The third kappa shape index (κ3) is 4.52. The second-order valence-electron chi connectivity index (χ2n) is 7.16. The zero-order valence-electron chi connectivity index (χ0n) is 16.0. The van der Waals surface area contributed by atoms with Crippen LogP contribution < -0.4 is 10.1 Å². The van der Waals surface area contributed by atoms with Gasteiger partial charge in [-0.15, -0.1) is 0 Å². The predicted molar refractivity (Wildman–Crippen MR) is 106 cm³/mol. The third-order valence-corrected chi connectivity index (χ3v) is 3.80. The fourth-order valence-electron chi connectivity index (χ4n) is 2.68. The summed E-state index contributed by atoms with van der Waals surface area (Å²) in [5.41, 5.74) is -0.279. The highest BCUT2D eigenvalue weighted by Crippen LogP contribution is 2.31. The fourth-order valence-corrected chi connectivity index (χ4v) is 2.68. The van der Waals surface area contributed by atoms with Gasteiger partial charge in [0.15, 0.2) is 0 Å². The van der Waals surface area contributed by atoms with Crippen LogP contribution >= 0.6 is 0 Å². The minimum Gasteiger partial charge on any atom is -0.455 e. The van der Waals surface area contributed by atoms with Gasteiger partial charge in [0.25, 0.3) is 0 Å². The second-order valence-corrected chi connectivity index (χ2v) is 7.16. The van der Waals surface area contributed by atoms with Crippen molar-refractivity contribution in [3.05, 3.63) is 64.3 Å². The van der Waals surface area contributed by atoms with E-state index in [4.69, 9.17) is 9.47 Å². The Morgan fingerprint density at radius 1 is 1.07 bits per heavy atom. The van der Waals surface area contributed by atoms with Crippen LogP contribution in [0.4, 0.5) is 16.2 Å². The number of hydrogen-bond donors (Lipinski definition) is 2. The van der Waals surface area contributed by atoms with Crippen molar-refractivity contribution in [1.29, 1.82) is 0 Å². The van der Waals surface area contributed by atoms with Gasteiger partial charge < -0.3 is 14.5 Å². The summed E-state index contributed by atoms with van der Waals surface area (Å²) in [6, 6.07) is 12.5. The molecule has 0 aliphatic carbocycles. The molecule has 0 fully saturated rings. The van der Waals surface area contributed by atoms with Crippen LogP contribution in [-0.2, 0) is 4.74 Å². The van der Waals surface area contributed by atoms with Gasteiger partial charge in [-0.05, 0) is 32.9 Å². The lowest BCUT2D eigenvalue weighted by molar-refractivity contribution is -0.385. The lowest BCUT2D eigenvalue weighted by atomic mass is 10.2. The highest BCUT2D eigenvalue weighted by molar-refractivity contribution is 6.10. The molecule has 0 saturated heterocycles. The molecule has 0 radical (unpaired) electrons. The Morgan fingerprint density at radius 3 is 2.41 bits per heavy atom. The number of nitro groups is 1. The van der Waals surface area contributed by atoms with Gasteiger partial charge in [-0.2, -0.15) is 0 Å². The Bertz CT molecular complexity index is 1100. The van der Waals surface area contributed by atoms with Crippen molar-refractivity contribution >= 4 is 34.3 Å². The first-order valence-electron chi connectivity index (χ1n) is 8.72. The number of para-hydroxylation sites is 3. The van der Waals surface area contributed by atoms with Gasteiger partial charge in [0.2, 0.25) is 5.75 Å². The number of aromatic nitrogens is 1. The molecule has 3 rings (SSSR count). The van der Waals surface area contributed by atoms with E-state index in [-0.39, 0.29) is 22.8 Å². The highest BCUT2D eigenvalue weighted by Gasteiger charge is 2.26. The van der Waals surface area contributed by atoms with Gasteiger partial charge in [0.1, 0.15) is 11.3 Å². The zero-order valence-corrected chi connectivity index (χ0v) is 16.0. The van der Waals surface area contributed by atoms with Gasteiger partial charge in [-0.1, -0.05) is 30.3 Å². The monoisotopic (exact) mass is 397 g/mol. The Balaban J connectivity index is 1.93. The average molecular weight is 397 g/mol. The van der Waals surface area contributed by atoms with E-state index < -0.39 is 22.6 Å². The Morgan fingerprint density at radius 2 is 1.72 bits per heavy atom. The summed E-state index contributed by atoms with van der Waals surface area (Å²) in [4.78, 5) is 38.4. The lowest BCUT2D eigenvalue weighted by Crippen LogP contribution is -2.25. The molecule has 1 amide bonds. The zero-order chi connectivity index (χ0) is 21.2. The number of benzene rings is 2. The number of rotatable bonds is 4. The molecule has 0 atom stereocenters. The molecule has 9 heteroatoms. The van der Waals surface area contributed by atoms with Gasteiger partial charge in [0.05, 0.1) is 10.6 Å². The second kappa shape index (κ2) is 7.63. The van der Waals surface area contributed by atoms with E-state index in [0.29, 0.717) is 10.9 Å². The lowest BCUT2D eigenvalue weighted by Gasteiger charge is -2.19. The molecule has 0 bridgehead atoms. The van der Waals surface area contributed by atoms with Crippen LogP contribution in [-0.4, -0.2) is 27.6 Å². The standard InChI is InChI=1S/C20H19N3O6/c1-20(2,3)29-18(24)17-16(12-8-4-5-9-13(12)21-17)22-19(25)28-15-11-7-6-10-14(15)23(26)27/h4-11,21H,1-3H3,(H,22,25). The number of hydrogen-bond acceptors (Lipinski definition) is 6. The first-order chi connectivity index (χ1) is 13.7. The van der Waals surface area contributed by atoms with E-state index in [1.54, 1.807) is 45.0 Å². The van der Waals surface area contributed by atoms with Crippen LogP contribution in [0.25, 0.3) is 10.9 Å².